The molecule has 0 aliphatic heterocycles. The number of carbonyl (C=O) groups is 1. The fourth-order valence-electron chi connectivity index (χ4n) is 0.911. The maximum absolute atomic E-state index is 11.2. The van der Waals surface area contributed by atoms with Gasteiger partial charge in [0.1, 0.15) is 0 Å². The molecule has 0 aliphatic carbocycles. The third-order valence-electron chi connectivity index (χ3n) is 1.58. The number of benzene rings is 1. The molecule has 1 atom stereocenters. The molecule has 0 saturated heterocycles. The maximum atomic E-state index is 11.2. The zero-order valence-corrected chi connectivity index (χ0v) is 7.94. The maximum Gasteiger partial charge on any atom is 0.513 e. The van der Waals surface area contributed by atoms with Crippen LogP contribution in [0, 0.1) is 0 Å². The van der Waals surface area contributed by atoms with Gasteiger partial charge in [0.25, 0.3) is 0 Å². The first-order valence-electron chi connectivity index (χ1n) is 3.69. The average Bonchev–Trinajstić information content (AvgIpc) is 2.08. The summed E-state index contributed by atoms with van der Waals surface area (Å²) >= 11 is 0. The SMILES string of the molecule is O=C(C[P+](=O)O)c1ccc(O)c(O)c1. The molecular formula is C8H8O5P+. The van der Waals surface area contributed by atoms with Gasteiger partial charge < -0.3 is 10.2 Å². The highest BCUT2D eigenvalue weighted by molar-refractivity contribution is 7.39. The van der Waals surface area contributed by atoms with Crippen LogP contribution in [0.5, 0.6) is 11.5 Å². The van der Waals surface area contributed by atoms with Gasteiger partial charge in [-0.25, -0.2) is 0 Å². The van der Waals surface area contributed by atoms with E-state index in [1.165, 1.54) is 6.07 Å². The van der Waals surface area contributed by atoms with E-state index < -0.39 is 25.7 Å². The monoisotopic (exact) mass is 215 g/mol. The van der Waals surface area contributed by atoms with Gasteiger partial charge in [-0.3, -0.25) is 4.79 Å². The molecule has 14 heavy (non-hydrogen) atoms. The lowest BCUT2D eigenvalue weighted by molar-refractivity contribution is 0.101. The lowest BCUT2D eigenvalue weighted by Crippen LogP contribution is -2.01. The Hall–Kier alpha value is -1.45. The van der Waals surface area contributed by atoms with E-state index in [9.17, 15) is 9.36 Å². The predicted molar refractivity (Wildman–Crippen MR) is 48.8 cm³/mol. The number of carbonyl (C=O) groups excluding carboxylic acids is 1. The van der Waals surface area contributed by atoms with Gasteiger partial charge >= 0.3 is 8.03 Å². The summed E-state index contributed by atoms with van der Waals surface area (Å²) in [6.07, 6.45) is -0.487. The van der Waals surface area contributed by atoms with Gasteiger partial charge in [0.15, 0.2) is 11.5 Å². The molecule has 0 radical (unpaired) electrons. The number of rotatable bonds is 3. The number of ketones is 1. The summed E-state index contributed by atoms with van der Waals surface area (Å²) in [6.45, 7) is 0. The number of aromatic hydroxyl groups is 2. The molecule has 1 aromatic rings. The van der Waals surface area contributed by atoms with E-state index in [-0.39, 0.29) is 11.3 Å². The Bertz CT molecular complexity index is 387. The van der Waals surface area contributed by atoms with Crippen LogP contribution in [0.1, 0.15) is 10.4 Å². The van der Waals surface area contributed by atoms with Crippen molar-refractivity contribution in [2.45, 2.75) is 0 Å². The molecule has 0 spiro atoms. The Labute approximate surface area is 80.5 Å². The third kappa shape index (κ3) is 2.52. The fraction of sp³-hybridized carbons (Fsp3) is 0.125. The second kappa shape index (κ2) is 4.17. The molecule has 1 rings (SSSR count). The number of phenols is 2. The lowest BCUT2D eigenvalue weighted by Gasteiger charge is -1.98. The smallest absolute Gasteiger partial charge is 0.504 e. The van der Waals surface area contributed by atoms with Gasteiger partial charge in [-0.2, -0.15) is 4.89 Å². The summed E-state index contributed by atoms with van der Waals surface area (Å²) in [5.41, 5.74) is 0.0951. The molecule has 0 bridgehead atoms. The predicted octanol–water partition coefficient (Wildman–Crippen LogP) is 1.02. The van der Waals surface area contributed by atoms with Crippen molar-refractivity contribution >= 4 is 13.8 Å². The Kier molecular flexibility index (Phi) is 3.17. The second-order valence-corrected chi connectivity index (χ2v) is 3.66. The van der Waals surface area contributed by atoms with Crippen molar-refractivity contribution in [1.82, 2.24) is 0 Å². The average molecular weight is 215 g/mol. The van der Waals surface area contributed by atoms with E-state index in [0.29, 0.717) is 0 Å². The summed E-state index contributed by atoms with van der Waals surface area (Å²) in [4.78, 5) is 19.7. The van der Waals surface area contributed by atoms with Gasteiger partial charge in [-0.1, -0.05) is 0 Å². The first-order valence-corrected chi connectivity index (χ1v) is 5.09. The van der Waals surface area contributed by atoms with Crippen molar-refractivity contribution in [2.24, 2.45) is 0 Å². The molecule has 0 saturated carbocycles. The van der Waals surface area contributed by atoms with Gasteiger partial charge in [0, 0.05) is 5.56 Å². The van der Waals surface area contributed by atoms with E-state index in [1.54, 1.807) is 0 Å². The van der Waals surface area contributed by atoms with E-state index in [2.05, 4.69) is 0 Å². The Morgan fingerprint density at radius 2 is 1.93 bits per heavy atom. The minimum atomic E-state index is -2.52. The van der Waals surface area contributed by atoms with Crippen molar-refractivity contribution in [2.75, 3.05) is 6.16 Å². The molecule has 0 aromatic heterocycles. The number of hydrogen-bond acceptors (Lipinski definition) is 4. The Morgan fingerprint density at radius 1 is 1.29 bits per heavy atom. The normalized spacial score (nSPS) is 11.1. The molecule has 6 heteroatoms. The standard InChI is InChI=1S/C8H7O5P/c9-6-2-1-5(3-7(6)10)8(11)4-14(12)13/h1-3H,4H2,(H2-,9,10,11,12,13)/p+1. The molecule has 1 aromatic carbocycles. The van der Waals surface area contributed by atoms with Crippen LogP contribution in [-0.4, -0.2) is 27.1 Å². The molecule has 0 aliphatic rings. The van der Waals surface area contributed by atoms with Crippen LogP contribution >= 0.6 is 8.03 Å². The van der Waals surface area contributed by atoms with Crippen LogP contribution in [0.4, 0.5) is 0 Å². The first-order chi connectivity index (χ1) is 6.50. The largest absolute Gasteiger partial charge is 0.513 e. The summed E-state index contributed by atoms with van der Waals surface area (Å²) in [5, 5.41) is 18.0. The summed E-state index contributed by atoms with van der Waals surface area (Å²) in [7, 11) is -2.52. The van der Waals surface area contributed by atoms with Gasteiger partial charge in [0.05, 0.1) is 0 Å². The van der Waals surface area contributed by atoms with Crippen LogP contribution in [0.3, 0.4) is 0 Å². The third-order valence-corrected chi connectivity index (χ3v) is 2.13. The van der Waals surface area contributed by atoms with Crippen molar-refractivity contribution in [3.05, 3.63) is 23.8 Å². The summed E-state index contributed by atoms with van der Waals surface area (Å²) < 4.78 is 10.4. The zero-order chi connectivity index (χ0) is 10.7. The highest BCUT2D eigenvalue weighted by atomic mass is 31.1. The van der Waals surface area contributed by atoms with Crippen molar-refractivity contribution in [3.63, 3.8) is 0 Å². The highest BCUT2D eigenvalue weighted by Crippen LogP contribution is 2.26. The molecule has 0 amide bonds. The molecule has 3 N–H and O–H groups in total. The minimum Gasteiger partial charge on any atom is -0.504 e. The van der Waals surface area contributed by atoms with Crippen LogP contribution in [0.25, 0.3) is 0 Å². The fourth-order valence-corrected chi connectivity index (χ4v) is 1.34. The zero-order valence-electron chi connectivity index (χ0n) is 7.04. The molecule has 0 heterocycles. The van der Waals surface area contributed by atoms with E-state index in [0.717, 1.165) is 12.1 Å². The Morgan fingerprint density at radius 3 is 2.43 bits per heavy atom. The van der Waals surface area contributed by atoms with Crippen molar-refractivity contribution in [3.8, 4) is 11.5 Å². The van der Waals surface area contributed by atoms with E-state index in [1.807, 2.05) is 0 Å². The van der Waals surface area contributed by atoms with E-state index in [4.69, 9.17) is 15.1 Å². The number of phenolic OH excluding ortho intramolecular Hbond substituents is 2. The quantitative estimate of drug-likeness (QED) is 0.397. The molecule has 0 fully saturated rings. The molecule has 5 nitrogen and oxygen atoms in total. The van der Waals surface area contributed by atoms with E-state index >= 15 is 0 Å². The van der Waals surface area contributed by atoms with Crippen LogP contribution in [-0.2, 0) is 4.57 Å². The van der Waals surface area contributed by atoms with Gasteiger partial charge in [0.2, 0.25) is 11.9 Å². The molecule has 1 unspecified atom stereocenters. The van der Waals surface area contributed by atoms with Gasteiger partial charge in [-0.15, -0.1) is 0 Å². The lowest BCUT2D eigenvalue weighted by atomic mass is 10.1. The van der Waals surface area contributed by atoms with Crippen molar-refractivity contribution in [1.29, 1.82) is 0 Å². The molecular weight excluding hydrogens is 207 g/mol. The summed E-state index contributed by atoms with van der Waals surface area (Å²) in [5.74, 6) is -1.32. The van der Waals surface area contributed by atoms with Crippen LogP contribution in [0.15, 0.2) is 18.2 Å². The second-order valence-electron chi connectivity index (χ2n) is 2.64. The Balaban J connectivity index is 2.91. The summed E-state index contributed by atoms with van der Waals surface area (Å²) in [6, 6.07) is 3.47. The minimum absolute atomic E-state index is 0.0951. The number of Topliss-reactive ketones (excluding diaryl/α,β-unsaturated/α-hetero) is 1. The van der Waals surface area contributed by atoms with Crippen LogP contribution in [0.2, 0.25) is 0 Å². The van der Waals surface area contributed by atoms with Crippen LogP contribution < -0.4 is 0 Å². The first kappa shape index (κ1) is 10.6. The topological polar surface area (TPSA) is 94.8 Å². The van der Waals surface area contributed by atoms with Gasteiger partial charge in [-0.05, 0) is 22.8 Å². The van der Waals surface area contributed by atoms with Crippen molar-refractivity contribution < 1.29 is 24.5 Å². The molecule has 74 valence electrons. The number of hydrogen-bond donors (Lipinski definition) is 3. The highest BCUT2D eigenvalue weighted by Gasteiger charge is 2.20.